The van der Waals surface area contributed by atoms with Crippen molar-refractivity contribution in [1.29, 1.82) is 0 Å². The third kappa shape index (κ3) is 5.22. The summed E-state index contributed by atoms with van der Waals surface area (Å²) < 4.78 is 66.8. The Morgan fingerprint density at radius 3 is 2.08 bits per heavy atom. The van der Waals surface area contributed by atoms with E-state index in [1.54, 1.807) is 12.1 Å². The van der Waals surface area contributed by atoms with Crippen molar-refractivity contribution in [2.75, 3.05) is 6.61 Å². The van der Waals surface area contributed by atoms with Gasteiger partial charge in [0.1, 0.15) is 11.5 Å². The van der Waals surface area contributed by atoms with E-state index in [1.807, 2.05) is 27.7 Å². The molecule has 138 valence electrons. The Kier molecular flexibility index (Phi) is 5.54. The molecule has 0 aromatic heterocycles. The van der Waals surface area contributed by atoms with E-state index >= 15 is 0 Å². The molecule has 1 aromatic rings. The number of ether oxygens (including phenoxy) is 1. The van der Waals surface area contributed by atoms with E-state index in [1.165, 1.54) is 18.2 Å². The molecule has 0 amide bonds. The fourth-order valence-electron chi connectivity index (χ4n) is 2.13. The summed E-state index contributed by atoms with van der Waals surface area (Å²) in [6.07, 6.45) is -4.01. The van der Waals surface area contributed by atoms with Gasteiger partial charge in [-0.15, -0.1) is 0 Å². The van der Waals surface area contributed by atoms with Gasteiger partial charge >= 0.3 is 13.3 Å². The van der Waals surface area contributed by atoms with Gasteiger partial charge in [-0.2, -0.15) is 13.2 Å². The molecular weight excluding hydrogens is 339 g/mol. The summed E-state index contributed by atoms with van der Waals surface area (Å²) in [6.45, 7) is 6.85. The van der Waals surface area contributed by atoms with Crippen molar-refractivity contribution in [2.24, 2.45) is 0 Å². The lowest BCUT2D eigenvalue weighted by atomic mass is 9.87. The van der Waals surface area contributed by atoms with Gasteiger partial charge in [0.15, 0.2) is 0 Å². The molecule has 0 radical (unpaired) electrons. The fourth-order valence-corrected chi connectivity index (χ4v) is 2.13. The molecule has 0 atom stereocenters. The van der Waals surface area contributed by atoms with Crippen LogP contribution in [0.1, 0.15) is 39.7 Å². The summed E-state index contributed by atoms with van der Waals surface area (Å²) in [6, 6.07) is 6.07. The van der Waals surface area contributed by atoms with Gasteiger partial charge < -0.3 is 14.0 Å². The van der Waals surface area contributed by atoms with Crippen LogP contribution in [0, 0.1) is 0 Å². The van der Waals surface area contributed by atoms with Crippen LogP contribution in [0.5, 0.6) is 5.75 Å². The molecule has 1 aliphatic rings. The van der Waals surface area contributed by atoms with Crippen molar-refractivity contribution in [3.05, 3.63) is 35.6 Å². The zero-order valence-corrected chi connectivity index (χ0v) is 14.6. The molecule has 0 aliphatic carbocycles. The largest absolute Gasteiger partial charge is 0.525 e. The third-order valence-electron chi connectivity index (χ3n) is 4.32. The van der Waals surface area contributed by atoms with Crippen molar-refractivity contribution < 1.29 is 31.6 Å². The van der Waals surface area contributed by atoms with E-state index in [0.29, 0.717) is 5.56 Å². The maximum Gasteiger partial charge on any atom is 0.525 e. The lowest BCUT2D eigenvalue weighted by molar-refractivity contribution is -0.139. The summed E-state index contributed by atoms with van der Waals surface area (Å²) >= 11 is 0. The second-order valence-electron chi connectivity index (χ2n) is 6.90. The first-order valence-electron chi connectivity index (χ1n) is 7.92. The number of alkyl halides is 3. The molecule has 1 aromatic carbocycles. The van der Waals surface area contributed by atoms with E-state index < -0.39 is 43.3 Å². The van der Waals surface area contributed by atoms with Crippen LogP contribution < -0.4 is 4.74 Å². The zero-order valence-electron chi connectivity index (χ0n) is 14.6. The van der Waals surface area contributed by atoms with Crippen LogP contribution in [0.15, 0.2) is 30.0 Å². The monoisotopic (exact) mass is 360 g/mol. The molecule has 0 N–H and O–H groups in total. The second kappa shape index (κ2) is 7.00. The summed E-state index contributed by atoms with van der Waals surface area (Å²) in [4.78, 5) is 0. The summed E-state index contributed by atoms with van der Waals surface area (Å²) in [5.41, 5.74) is -1.34. The molecule has 1 saturated heterocycles. The van der Waals surface area contributed by atoms with Crippen LogP contribution in [0.3, 0.4) is 0 Å². The highest BCUT2D eigenvalue weighted by atomic mass is 19.4. The predicted octanol–water partition coefficient (Wildman–Crippen LogP) is 4.96. The standard InChI is InChI=1S/C17H21BF4O3/c1-15(2)16(3,4)25-18(24-15)14(19)11-12-5-7-13(8-6-12)23-10-9-17(20,21)22/h5-8,11H,9-10H2,1-4H3. The van der Waals surface area contributed by atoms with Crippen LogP contribution >= 0.6 is 0 Å². The number of rotatable bonds is 5. The first-order valence-corrected chi connectivity index (χ1v) is 7.92. The molecule has 1 aliphatic heterocycles. The van der Waals surface area contributed by atoms with Gasteiger partial charge in [0.05, 0.1) is 24.2 Å². The van der Waals surface area contributed by atoms with Crippen LogP contribution in [0.4, 0.5) is 17.6 Å². The van der Waals surface area contributed by atoms with Crippen molar-refractivity contribution >= 4 is 13.2 Å². The van der Waals surface area contributed by atoms with Gasteiger partial charge in [0, 0.05) is 0 Å². The smallest absolute Gasteiger partial charge is 0.493 e. The van der Waals surface area contributed by atoms with Gasteiger partial charge in [-0.05, 0) is 51.5 Å². The number of halogens is 4. The first kappa shape index (κ1) is 19.8. The highest BCUT2D eigenvalue weighted by molar-refractivity contribution is 6.54. The maximum atomic E-state index is 14.4. The van der Waals surface area contributed by atoms with Gasteiger partial charge in [0.2, 0.25) is 0 Å². The highest BCUT2D eigenvalue weighted by Gasteiger charge is 2.53. The molecule has 0 bridgehead atoms. The topological polar surface area (TPSA) is 27.7 Å². The lowest BCUT2D eigenvalue weighted by Crippen LogP contribution is -2.41. The predicted molar refractivity (Wildman–Crippen MR) is 87.8 cm³/mol. The van der Waals surface area contributed by atoms with Gasteiger partial charge in [0.25, 0.3) is 0 Å². The summed E-state index contributed by atoms with van der Waals surface area (Å²) in [5.74, 6) is 0.289. The number of hydrogen-bond acceptors (Lipinski definition) is 3. The molecule has 2 rings (SSSR count). The molecule has 0 saturated carbocycles. The van der Waals surface area contributed by atoms with Crippen molar-refractivity contribution in [1.82, 2.24) is 0 Å². The first-order chi connectivity index (χ1) is 11.4. The number of hydrogen-bond donors (Lipinski definition) is 0. The SMILES string of the molecule is CC1(C)OB(C(F)=Cc2ccc(OCCC(F)(F)F)cc2)OC1(C)C. The van der Waals surface area contributed by atoms with Crippen molar-refractivity contribution in [2.45, 2.75) is 51.5 Å². The summed E-state index contributed by atoms with van der Waals surface area (Å²) in [7, 11) is -1.09. The third-order valence-corrected chi connectivity index (χ3v) is 4.32. The Balaban J connectivity index is 1.97. The average molecular weight is 360 g/mol. The lowest BCUT2D eigenvalue weighted by Gasteiger charge is -2.32. The quantitative estimate of drug-likeness (QED) is 0.549. The van der Waals surface area contributed by atoms with Crippen molar-refractivity contribution in [3.8, 4) is 5.75 Å². The molecular formula is C17H21BF4O3. The average Bonchev–Trinajstić information content (AvgIpc) is 2.68. The van der Waals surface area contributed by atoms with E-state index in [0.717, 1.165) is 0 Å². The Labute approximate surface area is 145 Å². The minimum atomic E-state index is -4.26. The molecule has 1 fully saturated rings. The molecule has 0 unspecified atom stereocenters. The van der Waals surface area contributed by atoms with E-state index in [4.69, 9.17) is 14.0 Å². The fraction of sp³-hybridized carbons (Fsp3) is 0.529. The van der Waals surface area contributed by atoms with E-state index in [9.17, 15) is 17.6 Å². The van der Waals surface area contributed by atoms with Crippen LogP contribution in [-0.2, 0) is 9.31 Å². The van der Waals surface area contributed by atoms with Crippen LogP contribution in [0.2, 0.25) is 0 Å². The van der Waals surface area contributed by atoms with Gasteiger partial charge in [-0.25, -0.2) is 4.39 Å². The maximum absolute atomic E-state index is 14.4. The molecule has 1 heterocycles. The zero-order chi connectivity index (χ0) is 18.9. The van der Waals surface area contributed by atoms with Gasteiger partial charge in [-0.1, -0.05) is 12.1 Å². The Hall–Kier alpha value is -1.54. The van der Waals surface area contributed by atoms with Gasteiger partial charge in [-0.3, -0.25) is 0 Å². The Morgan fingerprint density at radius 1 is 1.08 bits per heavy atom. The van der Waals surface area contributed by atoms with E-state index in [2.05, 4.69) is 0 Å². The van der Waals surface area contributed by atoms with Crippen molar-refractivity contribution in [3.63, 3.8) is 0 Å². The normalized spacial score (nSPS) is 20.0. The van der Waals surface area contributed by atoms with Crippen LogP contribution in [-0.4, -0.2) is 31.1 Å². The van der Waals surface area contributed by atoms with E-state index in [-0.39, 0.29) is 5.75 Å². The van der Waals surface area contributed by atoms with Crippen LogP contribution in [0.25, 0.3) is 6.08 Å². The second-order valence-corrected chi connectivity index (χ2v) is 6.90. The molecule has 3 nitrogen and oxygen atoms in total. The Bertz CT molecular complexity index is 608. The summed E-state index contributed by atoms with van der Waals surface area (Å²) in [5, 5.41) is 0. The Morgan fingerprint density at radius 2 is 1.60 bits per heavy atom. The number of benzene rings is 1. The molecule has 8 heteroatoms. The molecule has 0 spiro atoms. The minimum absolute atomic E-state index is 0.289. The highest BCUT2D eigenvalue weighted by Crippen LogP contribution is 2.39. The molecule has 25 heavy (non-hydrogen) atoms. The minimum Gasteiger partial charge on any atom is -0.493 e.